The molecule has 9 nitrogen and oxygen atoms in total. The summed E-state index contributed by atoms with van der Waals surface area (Å²) in [5.74, 6) is -2.06. The number of aryl methyl sites for hydroxylation is 1. The number of carboxylic acids is 1. The fourth-order valence-electron chi connectivity index (χ4n) is 3.93. The van der Waals surface area contributed by atoms with Crippen LogP contribution in [0.15, 0.2) is 30.6 Å². The molecule has 0 fully saturated rings. The molecule has 0 saturated heterocycles. The molecule has 0 spiro atoms. The summed E-state index contributed by atoms with van der Waals surface area (Å²) in [7, 11) is 5.71. The predicted octanol–water partition coefficient (Wildman–Crippen LogP) is 3.11. The van der Waals surface area contributed by atoms with Gasteiger partial charge in [0.1, 0.15) is 23.5 Å². The summed E-state index contributed by atoms with van der Waals surface area (Å²) in [6.07, 6.45) is -2.61. The Hall–Kier alpha value is -3.38. The SMILES string of the molecule is CN(C)c1ncnc2c1cc(C(=O)NCCN1CCc3c(Cl)cccc3C1)n2C.O=C(O)C(F)(F)F. The molecule has 0 unspecified atom stereocenters. The van der Waals surface area contributed by atoms with E-state index in [0.29, 0.717) is 12.2 Å². The van der Waals surface area contributed by atoms with Gasteiger partial charge >= 0.3 is 12.1 Å². The van der Waals surface area contributed by atoms with Gasteiger partial charge < -0.3 is 19.9 Å². The van der Waals surface area contributed by atoms with E-state index >= 15 is 0 Å². The van der Waals surface area contributed by atoms with Gasteiger partial charge in [0, 0.05) is 52.3 Å². The lowest BCUT2D eigenvalue weighted by Crippen LogP contribution is -2.38. The fraction of sp³-hybridized carbons (Fsp3) is 0.391. The van der Waals surface area contributed by atoms with Crippen LogP contribution in [0.1, 0.15) is 21.6 Å². The molecule has 3 aromatic rings. The van der Waals surface area contributed by atoms with Gasteiger partial charge in [-0.25, -0.2) is 14.8 Å². The number of benzene rings is 1. The number of nitrogens with one attached hydrogen (secondary N) is 1. The Morgan fingerprint density at radius 3 is 2.58 bits per heavy atom. The van der Waals surface area contributed by atoms with Crippen LogP contribution in [0.3, 0.4) is 0 Å². The first-order valence-corrected chi connectivity index (χ1v) is 11.3. The van der Waals surface area contributed by atoms with Crippen molar-refractivity contribution in [3.05, 3.63) is 52.4 Å². The van der Waals surface area contributed by atoms with E-state index in [1.807, 2.05) is 48.8 Å². The largest absolute Gasteiger partial charge is 0.490 e. The molecule has 4 rings (SSSR count). The molecule has 0 aliphatic carbocycles. The Labute approximate surface area is 210 Å². The lowest BCUT2D eigenvalue weighted by molar-refractivity contribution is -0.192. The summed E-state index contributed by atoms with van der Waals surface area (Å²) in [5.41, 5.74) is 3.86. The van der Waals surface area contributed by atoms with E-state index < -0.39 is 12.1 Å². The number of carbonyl (C=O) groups excluding carboxylic acids is 1. The van der Waals surface area contributed by atoms with Crippen LogP contribution in [0.4, 0.5) is 19.0 Å². The van der Waals surface area contributed by atoms with Gasteiger partial charge in [-0.05, 0) is 29.7 Å². The molecular weight excluding hydrogens is 501 g/mol. The number of alkyl halides is 3. The van der Waals surface area contributed by atoms with Crippen molar-refractivity contribution in [2.24, 2.45) is 7.05 Å². The summed E-state index contributed by atoms with van der Waals surface area (Å²) in [5, 5.41) is 11.9. The van der Waals surface area contributed by atoms with Crippen LogP contribution < -0.4 is 10.2 Å². The minimum atomic E-state index is -5.08. The van der Waals surface area contributed by atoms with Crippen molar-refractivity contribution in [2.75, 3.05) is 38.6 Å². The quantitative estimate of drug-likeness (QED) is 0.526. The molecule has 0 atom stereocenters. The van der Waals surface area contributed by atoms with Gasteiger partial charge in [0.2, 0.25) is 0 Å². The Morgan fingerprint density at radius 2 is 1.94 bits per heavy atom. The van der Waals surface area contributed by atoms with E-state index in [-0.39, 0.29) is 5.91 Å². The van der Waals surface area contributed by atoms with E-state index in [0.717, 1.165) is 47.9 Å². The summed E-state index contributed by atoms with van der Waals surface area (Å²) in [6.45, 7) is 3.19. The van der Waals surface area contributed by atoms with Crippen LogP contribution in [-0.4, -0.2) is 76.3 Å². The second-order valence-corrected chi connectivity index (χ2v) is 8.79. The number of amides is 1. The maximum Gasteiger partial charge on any atom is 0.490 e. The third-order valence-electron chi connectivity index (χ3n) is 5.70. The van der Waals surface area contributed by atoms with E-state index in [2.05, 4.69) is 26.3 Å². The molecule has 0 bridgehead atoms. The Bertz CT molecular complexity index is 1260. The Kier molecular flexibility index (Phi) is 8.41. The van der Waals surface area contributed by atoms with Crippen LogP contribution in [0.2, 0.25) is 5.02 Å². The van der Waals surface area contributed by atoms with E-state index in [9.17, 15) is 18.0 Å². The van der Waals surface area contributed by atoms with Gasteiger partial charge in [-0.1, -0.05) is 23.7 Å². The first kappa shape index (κ1) is 27.2. The van der Waals surface area contributed by atoms with E-state index in [1.54, 1.807) is 0 Å². The van der Waals surface area contributed by atoms with Gasteiger partial charge in [0.15, 0.2) is 0 Å². The van der Waals surface area contributed by atoms with Gasteiger partial charge in [0.25, 0.3) is 5.91 Å². The third kappa shape index (κ3) is 6.24. The van der Waals surface area contributed by atoms with Crippen LogP contribution in [0.5, 0.6) is 0 Å². The Morgan fingerprint density at radius 1 is 1.25 bits per heavy atom. The summed E-state index contributed by atoms with van der Waals surface area (Å²) in [6, 6.07) is 7.94. The first-order valence-electron chi connectivity index (χ1n) is 10.9. The van der Waals surface area contributed by atoms with Crippen molar-refractivity contribution in [3.8, 4) is 0 Å². The lowest BCUT2D eigenvalue weighted by atomic mass is 10.00. The normalized spacial score (nSPS) is 13.5. The molecule has 0 saturated carbocycles. The molecule has 3 heterocycles. The van der Waals surface area contributed by atoms with Crippen molar-refractivity contribution in [1.29, 1.82) is 0 Å². The number of carboxylic acid groups (broad SMARTS) is 1. The minimum absolute atomic E-state index is 0.101. The number of aliphatic carboxylic acids is 1. The zero-order chi connectivity index (χ0) is 26.6. The second kappa shape index (κ2) is 11.1. The van der Waals surface area contributed by atoms with Crippen LogP contribution in [-0.2, 0) is 24.8 Å². The standard InChI is InChI=1S/C21H25ClN6O.C2HF3O2/c1-26(2)19-16-11-18(27(3)20(16)25-13-24-19)21(29)23-8-10-28-9-7-15-14(12-28)5-4-6-17(15)22;3-2(4,5)1(6)7/h4-6,11,13H,7-10,12H2,1-3H3,(H,23,29);(H,6,7). The van der Waals surface area contributed by atoms with Gasteiger partial charge in [-0.3, -0.25) is 9.69 Å². The molecule has 13 heteroatoms. The number of fused-ring (bicyclic) bond motifs is 2. The average Bonchev–Trinajstić information content (AvgIpc) is 3.15. The molecule has 0 radical (unpaired) electrons. The average molecular weight is 527 g/mol. The molecule has 1 amide bonds. The highest BCUT2D eigenvalue weighted by Gasteiger charge is 2.38. The summed E-state index contributed by atoms with van der Waals surface area (Å²) >= 11 is 6.29. The number of carbonyl (C=O) groups is 2. The van der Waals surface area contributed by atoms with Crippen LogP contribution in [0, 0.1) is 0 Å². The highest BCUT2D eigenvalue weighted by Crippen LogP contribution is 2.26. The van der Waals surface area contributed by atoms with Crippen molar-refractivity contribution in [2.45, 2.75) is 19.1 Å². The van der Waals surface area contributed by atoms with E-state index in [4.69, 9.17) is 21.5 Å². The number of halogens is 4. The summed E-state index contributed by atoms with van der Waals surface area (Å²) < 4.78 is 33.6. The van der Waals surface area contributed by atoms with Crippen molar-refractivity contribution in [1.82, 2.24) is 24.8 Å². The fourth-order valence-corrected chi connectivity index (χ4v) is 4.21. The van der Waals surface area contributed by atoms with Crippen molar-refractivity contribution in [3.63, 3.8) is 0 Å². The van der Waals surface area contributed by atoms with Crippen molar-refractivity contribution < 1.29 is 27.9 Å². The molecule has 1 aliphatic rings. The maximum absolute atomic E-state index is 12.8. The lowest BCUT2D eigenvalue weighted by Gasteiger charge is -2.29. The molecule has 194 valence electrons. The molecule has 1 aliphatic heterocycles. The van der Waals surface area contributed by atoms with Crippen molar-refractivity contribution >= 4 is 40.3 Å². The maximum atomic E-state index is 12.8. The van der Waals surface area contributed by atoms with Crippen LogP contribution in [0.25, 0.3) is 11.0 Å². The molecule has 1 aromatic carbocycles. The number of hydrogen-bond donors (Lipinski definition) is 2. The molecular formula is C23H26ClF3N6O3. The topological polar surface area (TPSA) is 104 Å². The van der Waals surface area contributed by atoms with Gasteiger partial charge in [0.05, 0.1) is 5.39 Å². The van der Waals surface area contributed by atoms with Gasteiger partial charge in [-0.2, -0.15) is 13.2 Å². The van der Waals surface area contributed by atoms with Crippen LogP contribution >= 0.6 is 11.6 Å². The number of hydrogen-bond acceptors (Lipinski definition) is 6. The number of aromatic nitrogens is 3. The zero-order valence-corrected chi connectivity index (χ0v) is 20.7. The Balaban J connectivity index is 0.000000454. The molecule has 2 aromatic heterocycles. The number of rotatable bonds is 5. The first-order chi connectivity index (χ1) is 16.9. The minimum Gasteiger partial charge on any atom is -0.475 e. The third-order valence-corrected chi connectivity index (χ3v) is 6.06. The van der Waals surface area contributed by atoms with E-state index in [1.165, 1.54) is 17.5 Å². The zero-order valence-electron chi connectivity index (χ0n) is 19.9. The highest BCUT2D eigenvalue weighted by molar-refractivity contribution is 6.31. The predicted molar refractivity (Wildman–Crippen MR) is 129 cm³/mol. The van der Waals surface area contributed by atoms with Gasteiger partial charge in [-0.15, -0.1) is 0 Å². The smallest absolute Gasteiger partial charge is 0.475 e. The molecule has 36 heavy (non-hydrogen) atoms. The summed E-state index contributed by atoms with van der Waals surface area (Å²) in [4.78, 5) is 34.6. The molecule has 2 N–H and O–H groups in total. The highest BCUT2D eigenvalue weighted by atomic mass is 35.5. The number of nitrogens with zero attached hydrogens (tertiary/aromatic N) is 5. The monoisotopic (exact) mass is 526 g/mol. The number of anilines is 1. The second-order valence-electron chi connectivity index (χ2n) is 8.38.